The van der Waals surface area contributed by atoms with Crippen LogP contribution in [0.1, 0.15) is 61.9 Å². The van der Waals surface area contributed by atoms with Gasteiger partial charge in [-0.15, -0.1) is 38.0 Å². The van der Waals surface area contributed by atoms with Crippen LogP contribution >= 0.6 is 24.8 Å². The molecule has 2 aliphatic rings. The van der Waals surface area contributed by atoms with Gasteiger partial charge in [0.2, 0.25) is 5.91 Å². The van der Waals surface area contributed by atoms with Crippen molar-refractivity contribution in [2.24, 2.45) is 0 Å². The second-order valence-corrected chi connectivity index (χ2v) is 10.3. The van der Waals surface area contributed by atoms with Crippen LogP contribution < -0.4 is 15.0 Å². The Balaban J connectivity index is 0.00000220. The van der Waals surface area contributed by atoms with Crippen LogP contribution in [0, 0.1) is 11.6 Å². The van der Waals surface area contributed by atoms with Gasteiger partial charge in [-0.2, -0.15) is 0 Å². The Morgan fingerprint density at radius 3 is 2.10 bits per heavy atom. The van der Waals surface area contributed by atoms with Crippen molar-refractivity contribution in [1.29, 1.82) is 0 Å². The summed E-state index contributed by atoms with van der Waals surface area (Å²) in [7, 11) is 0. The summed E-state index contributed by atoms with van der Waals surface area (Å²) in [6.07, 6.45) is -0.632. The summed E-state index contributed by atoms with van der Waals surface area (Å²) in [5, 5.41) is 3.36. The Morgan fingerprint density at radius 1 is 0.950 bits per heavy atom. The third kappa shape index (κ3) is 7.03. The molecule has 5 rings (SSSR count). The van der Waals surface area contributed by atoms with E-state index in [-0.39, 0.29) is 48.4 Å². The topological polar surface area (TPSA) is 54.5 Å². The lowest BCUT2D eigenvalue weighted by atomic mass is 9.93. The molecule has 5 nitrogen and oxygen atoms in total. The smallest absolute Gasteiger partial charge is 0.406 e. The summed E-state index contributed by atoms with van der Waals surface area (Å²) in [4.78, 5) is 19.6. The van der Waals surface area contributed by atoms with Gasteiger partial charge in [0.1, 0.15) is 17.4 Å². The molecule has 0 bridgehead atoms. The molecule has 1 amide bonds. The molecule has 1 aliphatic heterocycles. The summed E-state index contributed by atoms with van der Waals surface area (Å²) in [6.45, 7) is 3.83. The lowest BCUT2D eigenvalue weighted by Crippen LogP contribution is -2.47. The van der Waals surface area contributed by atoms with E-state index in [1.165, 1.54) is 17.0 Å². The number of carbonyl (C=O) groups is 1. The maximum atomic E-state index is 14.1. The average Bonchev–Trinajstić information content (AvgIpc) is 3.63. The second-order valence-electron chi connectivity index (χ2n) is 10.3. The molecule has 0 unspecified atom stereocenters. The number of amides is 1. The predicted octanol–water partition coefficient (Wildman–Crippen LogP) is 7.35. The minimum atomic E-state index is -4.86. The van der Waals surface area contributed by atoms with Gasteiger partial charge in [0.25, 0.3) is 0 Å². The first-order valence-corrected chi connectivity index (χ1v) is 12.3. The van der Waals surface area contributed by atoms with Gasteiger partial charge in [0, 0.05) is 35.1 Å². The van der Waals surface area contributed by atoms with E-state index < -0.39 is 41.4 Å². The quantitative estimate of drug-likeness (QED) is 0.287. The first-order valence-electron chi connectivity index (χ1n) is 12.3. The van der Waals surface area contributed by atoms with Crippen LogP contribution in [0.2, 0.25) is 0 Å². The average molecular weight is 604 g/mol. The van der Waals surface area contributed by atoms with E-state index in [2.05, 4.69) is 15.0 Å². The summed E-state index contributed by atoms with van der Waals surface area (Å²) < 4.78 is 70.0. The van der Waals surface area contributed by atoms with E-state index in [1.807, 2.05) is 26.0 Å². The van der Waals surface area contributed by atoms with Crippen molar-refractivity contribution < 1.29 is 31.5 Å². The molecule has 1 aliphatic carbocycles. The van der Waals surface area contributed by atoms with Gasteiger partial charge in [-0.25, -0.2) is 8.78 Å². The van der Waals surface area contributed by atoms with Crippen LogP contribution in [0.4, 0.5) is 27.6 Å². The third-order valence-corrected chi connectivity index (χ3v) is 6.96. The fourth-order valence-corrected chi connectivity index (χ4v) is 4.95. The van der Waals surface area contributed by atoms with Gasteiger partial charge in [-0.05, 0) is 86.7 Å². The number of ether oxygens (including phenoxy) is 1. The Bertz CT molecular complexity index is 1310. The number of halogens is 7. The predicted molar refractivity (Wildman–Crippen MR) is 145 cm³/mol. The van der Waals surface area contributed by atoms with Gasteiger partial charge in [0.05, 0.1) is 12.1 Å². The van der Waals surface area contributed by atoms with Crippen LogP contribution in [0.25, 0.3) is 0 Å². The zero-order chi connectivity index (χ0) is 27.2. The standard InChI is InChI=1S/C28H26F5N3O2.2ClH/c1-27(2,18-5-10-23(34-15-18)16-3-4-16)35-24-14-25(17-11-19(29)13-20(30)12-17)36(26(24)37)21-6-8-22(9-7-21)38-28(31,32)33;;/h5-13,15-16,24-25,35H,3-4,14H2,1-2H3;2*1H/t24-,25-;;/m1../s1. The minimum Gasteiger partial charge on any atom is -0.406 e. The number of nitrogens with zero attached hydrogens (tertiary/aromatic N) is 2. The van der Waals surface area contributed by atoms with Crippen molar-refractivity contribution >= 4 is 36.4 Å². The van der Waals surface area contributed by atoms with Crippen molar-refractivity contribution in [2.45, 2.75) is 63.0 Å². The largest absolute Gasteiger partial charge is 0.573 e. The molecule has 3 aromatic rings. The fourth-order valence-electron chi connectivity index (χ4n) is 4.95. The highest BCUT2D eigenvalue weighted by molar-refractivity contribution is 6.00. The second kappa shape index (κ2) is 11.9. The van der Waals surface area contributed by atoms with Crippen LogP contribution in [-0.2, 0) is 10.3 Å². The number of alkyl halides is 3. The Kier molecular flexibility index (Phi) is 9.38. The molecular weight excluding hydrogens is 576 g/mol. The number of rotatable bonds is 7. The zero-order valence-corrected chi connectivity index (χ0v) is 23.2. The first-order chi connectivity index (χ1) is 17.9. The van der Waals surface area contributed by atoms with Gasteiger partial charge in [0.15, 0.2) is 0 Å². The molecule has 1 N–H and O–H groups in total. The maximum absolute atomic E-state index is 14.1. The van der Waals surface area contributed by atoms with Crippen molar-refractivity contribution in [3.8, 4) is 5.75 Å². The molecule has 0 radical (unpaired) electrons. The molecule has 2 fully saturated rings. The molecule has 1 saturated carbocycles. The van der Waals surface area contributed by atoms with E-state index in [4.69, 9.17) is 0 Å². The van der Waals surface area contributed by atoms with Crippen LogP contribution in [0.3, 0.4) is 0 Å². The normalized spacial score (nSPS) is 19.2. The molecule has 1 aromatic heterocycles. The van der Waals surface area contributed by atoms with Crippen LogP contribution in [0.5, 0.6) is 5.75 Å². The van der Waals surface area contributed by atoms with Crippen LogP contribution in [-0.4, -0.2) is 23.3 Å². The number of hydrogen-bond acceptors (Lipinski definition) is 4. The SMILES string of the molecule is CC(C)(N[C@@H]1C[C@H](c2cc(F)cc(F)c2)N(c2ccc(OC(F)(F)F)cc2)C1=O)c1ccc(C2CC2)nc1.Cl.Cl. The Labute approximate surface area is 240 Å². The van der Waals surface area contributed by atoms with Gasteiger partial charge in [-0.3, -0.25) is 15.1 Å². The highest BCUT2D eigenvalue weighted by Gasteiger charge is 2.44. The molecule has 0 spiro atoms. The number of hydrogen-bond donors (Lipinski definition) is 1. The molecule has 216 valence electrons. The summed E-state index contributed by atoms with van der Waals surface area (Å²) in [5.41, 5.74) is 1.75. The van der Waals surface area contributed by atoms with E-state index in [1.54, 1.807) is 6.20 Å². The molecule has 2 atom stereocenters. The summed E-state index contributed by atoms with van der Waals surface area (Å²) in [5.74, 6) is -1.90. The van der Waals surface area contributed by atoms with Crippen molar-refractivity contribution in [2.75, 3.05) is 4.90 Å². The molecular formula is C28H28Cl2F5N3O2. The summed E-state index contributed by atoms with van der Waals surface area (Å²) in [6, 6.07) is 10.3. The van der Waals surface area contributed by atoms with E-state index in [9.17, 15) is 26.7 Å². The van der Waals surface area contributed by atoms with E-state index >= 15 is 0 Å². The molecule has 12 heteroatoms. The highest BCUT2D eigenvalue weighted by atomic mass is 35.5. The number of carbonyl (C=O) groups excluding carboxylic acids is 1. The zero-order valence-electron chi connectivity index (χ0n) is 21.5. The van der Waals surface area contributed by atoms with Gasteiger partial charge >= 0.3 is 6.36 Å². The Hall–Kier alpha value is -2.95. The minimum absolute atomic E-state index is 0. The molecule has 2 aromatic carbocycles. The number of benzene rings is 2. The number of nitrogens with one attached hydrogen (secondary N) is 1. The van der Waals surface area contributed by atoms with Gasteiger partial charge in [-0.1, -0.05) is 6.07 Å². The number of aromatic nitrogens is 1. The number of pyridine rings is 1. The fraction of sp³-hybridized carbons (Fsp3) is 0.357. The molecule has 2 heterocycles. The lowest BCUT2D eigenvalue weighted by molar-refractivity contribution is -0.274. The van der Waals surface area contributed by atoms with Gasteiger partial charge < -0.3 is 9.64 Å². The van der Waals surface area contributed by atoms with Crippen LogP contribution in [0.15, 0.2) is 60.8 Å². The van der Waals surface area contributed by atoms with E-state index in [0.29, 0.717) is 5.92 Å². The van der Waals surface area contributed by atoms with Crippen molar-refractivity contribution in [1.82, 2.24) is 10.3 Å². The van der Waals surface area contributed by atoms with Crippen molar-refractivity contribution in [3.63, 3.8) is 0 Å². The summed E-state index contributed by atoms with van der Waals surface area (Å²) >= 11 is 0. The molecule has 1 saturated heterocycles. The van der Waals surface area contributed by atoms with Crippen molar-refractivity contribution in [3.05, 3.63) is 89.2 Å². The third-order valence-electron chi connectivity index (χ3n) is 6.96. The maximum Gasteiger partial charge on any atom is 0.573 e. The lowest BCUT2D eigenvalue weighted by Gasteiger charge is -2.30. The van der Waals surface area contributed by atoms with E-state index in [0.717, 1.165) is 54.4 Å². The monoisotopic (exact) mass is 603 g/mol. The molecule has 40 heavy (non-hydrogen) atoms. The Morgan fingerprint density at radius 2 is 1.57 bits per heavy atom. The number of anilines is 1. The first kappa shape index (κ1) is 31.6. The highest BCUT2D eigenvalue weighted by Crippen LogP contribution is 2.41.